The van der Waals surface area contributed by atoms with Gasteiger partial charge in [-0.1, -0.05) is 32.9 Å². The molecule has 0 aliphatic heterocycles. The van der Waals surface area contributed by atoms with Crippen molar-refractivity contribution < 1.29 is 4.79 Å². The van der Waals surface area contributed by atoms with E-state index in [0.29, 0.717) is 17.1 Å². The fraction of sp³-hybridized carbons (Fsp3) is 0.786. The lowest BCUT2D eigenvalue weighted by atomic mass is 9.55. The molecule has 0 radical (unpaired) electrons. The van der Waals surface area contributed by atoms with Crippen molar-refractivity contribution in [2.24, 2.45) is 28.6 Å². The van der Waals surface area contributed by atoms with Crippen LogP contribution in [0.15, 0.2) is 12.2 Å². The normalized spacial score (nSPS) is 50.9. The second-order valence-electron chi connectivity index (χ2n) is 6.88. The summed E-state index contributed by atoms with van der Waals surface area (Å²) in [5.41, 5.74) is 0.635. The van der Waals surface area contributed by atoms with E-state index in [1.807, 2.05) is 0 Å². The smallest absolute Gasteiger partial charge is 0.140 e. The third-order valence-electron chi connectivity index (χ3n) is 5.00. The standard InChI is InChI=1S/C14H20O/c1-13(2)6-10-9-4-5-14(3,8-12(9)15)11(10)7-13/h4-5,9-11H,6-8H2,1-3H3/t9-,10+,11+,14-/m0/s1. The number of hydrogen-bond acceptors (Lipinski definition) is 1. The maximum absolute atomic E-state index is 12.0. The highest BCUT2D eigenvalue weighted by atomic mass is 16.1. The Labute approximate surface area is 91.9 Å². The van der Waals surface area contributed by atoms with Crippen LogP contribution in [-0.4, -0.2) is 5.78 Å². The fourth-order valence-electron chi connectivity index (χ4n) is 4.33. The SMILES string of the molecule is CC1(C)C[C@@H]2[C@@H]3C=C[C@@](C)(CC3=O)[C@@H]2C1. The first-order valence-electron chi connectivity index (χ1n) is 6.13. The molecule has 0 heterocycles. The van der Waals surface area contributed by atoms with Crippen LogP contribution in [-0.2, 0) is 4.79 Å². The summed E-state index contributed by atoms with van der Waals surface area (Å²) in [6.07, 6.45) is 7.89. The van der Waals surface area contributed by atoms with Crippen LogP contribution in [0.25, 0.3) is 0 Å². The van der Waals surface area contributed by atoms with Crippen LogP contribution in [0.5, 0.6) is 0 Å². The molecule has 0 aromatic heterocycles. The van der Waals surface area contributed by atoms with Crippen molar-refractivity contribution in [2.75, 3.05) is 0 Å². The minimum atomic E-state index is 0.185. The average molecular weight is 204 g/mol. The molecule has 0 saturated heterocycles. The van der Waals surface area contributed by atoms with E-state index in [0.717, 1.165) is 12.3 Å². The van der Waals surface area contributed by atoms with E-state index in [1.165, 1.54) is 12.8 Å². The summed E-state index contributed by atoms with van der Waals surface area (Å²) < 4.78 is 0. The Morgan fingerprint density at radius 1 is 1.27 bits per heavy atom. The van der Waals surface area contributed by atoms with Crippen LogP contribution in [0.2, 0.25) is 0 Å². The van der Waals surface area contributed by atoms with Gasteiger partial charge in [0.25, 0.3) is 0 Å². The van der Waals surface area contributed by atoms with Gasteiger partial charge in [-0.2, -0.15) is 0 Å². The molecular weight excluding hydrogens is 184 g/mol. The van der Waals surface area contributed by atoms with E-state index in [4.69, 9.17) is 0 Å². The quantitative estimate of drug-likeness (QED) is 0.554. The van der Waals surface area contributed by atoms with E-state index in [1.54, 1.807) is 0 Å². The molecule has 4 aliphatic carbocycles. The van der Waals surface area contributed by atoms with Crippen molar-refractivity contribution in [3.05, 3.63) is 12.2 Å². The summed E-state index contributed by atoms with van der Waals surface area (Å²) in [5, 5.41) is 0. The summed E-state index contributed by atoms with van der Waals surface area (Å²) in [7, 11) is 0. The number of carbonyl (C=O) groups is 1. The van der Waals surface area contributed by atoms with Crippen LogP contribution >= 0.6 is 0 Å². The molecule has 0 spiro atoms. The van der Waals surface area contributed by atoms with Gasteiger partial charge in [-0.25, -0.2) is 0 Å². The molecule has 0 unspecified atom stereocenters. The number of allylic oxidation sites excluding steroid dienone is 2. The van der Waals surface area contributed by atoms with Crippen molar-refractivity contribution in [1.82, 2.24) is 0 Å². The molecule has 0 amide bonds. The van der Waals surface area contributed by atoms with Crippen molar-refractivity contribution in [3.63, 3.8) is 0 Å². The van der Waals surface area contributed by atoms with Crippen molar-refractivity contribution in [1.29, 1.82) is 0 Å². The molecule has 0 aromatic carbocycles. The predicted molar refractivity (Wildman–Crippen MR) is 60.4 cm³/mol. The Bertz CT molecular complexity index is 352. The highest BCUT2D eigenvalue weighted by molar-refractivity contribution is 5.86. The predicted octanol–water partition coefficient (Wildman–Crippen LogP) is 3.20. The molecule has 0 N–H and O–H groups in total. The zero-order chi connectivity index (χ0) is 10.8. The monoisotopic (exact) mass is 204 g/mol. The number of rotatable bonds is 0. The lowest BCUT2D eigenvalue weighted by molar-refractivity contribution is -0.131. The van der Waals surface area contributed by atoms with Gasteiger partial charge >= 0.3 is 0 Å². The zero-order valence-electron chi connectivity index (χ0n) is 9.92. The Morgan fingerprint density at radius 2 is 2.00 bits per heavy atom. The molecule has 2 bridgehead atoms. The molecule has 0 aromatic rings. The summed E-state index contributed by atoms with van der Waals surface area (Å²) in [4.78, 5) is 12.0. The number of carbonyl (C=O) groups excluding carboxylic acids is 1. The minimum Gasteiger partial charge on any atom is -0.299 e. The van der Waals surface area contributed by atoms with E-state index >= 15 is 0 Å². The number of fused-ring (bicyclic) bond motifs is 1. The lowest BCUT2D eigenvalue weighted by Gasteiger charge is -2.47. The van der Waals surface area contributed by atoms with Gasteiger partial charge in [0, 0.05) is 12.3 Å². The lowest BCUT2D eigenvalue weighted by Crippen LogP contribution is -2.46. The van der Waals surface area contributed by atoms with Gasteiger partial charge in [0.15, 0.2) is 0 Å². The first-order chi connectivity index (χ1) is 6.91. The largest absolute Gasteiger partial charge is 0.299 e. The third-order valence-corrected chi connectivity index (χ3v) is 5.00. The summed E-state index contributed by atoms with van der Waals surface area (Å²) in [6, 6.07) is 0. The maximum Gasteiger partial charge on any atom is 0.140 e. The molecule has 82 valence electrons. The first kappa shape index (κ1) is 9.62. The summed E-state index contributed by atoms with van der Waals surface area (Å²) in [5.74, 6) is 2.17. The number of hydrogen-bond donors (Lipinski definition) is 0. The average Bonchev–Trinajstić information content (AvgIpc) is 2.41. The van der Waals surface area contributed by atoms with Gasteiger partial charge in [0.1, 0.15) is 5.78 Å². The molecule has 1 nitrogen and oxygen atoms in total. The summed E-state index contributed by atoms with van der Waals surface area (Å²) in [6.45, 7) is 7.01. The van der Waals surface area contributed by atoms with Crippen LogP contribution in [0, 0.1) is 28.6 Å². The van der Waals surface area contributed by atoms with Crippen molar-refractivity contribution in [2.45, 2.75) is 40.0 Å². The van der Waals surface area contributed by atoms with Gasteiger partial charge in [-0.15, -0.1) is 0 Å². The van der Waals surface area contributed by atoms with E-state index in [-0.39, 0.29) is 11.3 Å². The Balaban J connectivity index is 2.04. The first-order valence-corrected chi connectivity index (χ1v) is 6.13. The number of Topliss-reactive ketones (excluding diaryl/α,β-unsaturated/α-hetero) is 1. The highest BCUT2D eigenvalue weighted by Gasteiger charge is 2.56. The molecule has 2 saturated carbocycles. The molecule has 1 heteroatoms. The Hall–Kier alpha value is -0.590. The second kappa shape index (κ2) is 2.56. The van der Waals surface area contributed by atoms with Gasteiger partial charge in [0.2, 0.25) is 0 Å². The molecule has 2 fully saturated rings. The van der Waals surface area contributed by atoms with E-state index in [2.05, 4.69) is 32.9 Å². The second-order valence-corrected chi connectivity index (χ2v) is 6.88. The van der Waals surface area contributed by atoms with E-state index < -0.39 is 0 Å². The topological polar surface area (TPSA) is 17.1 Å². The zero-order valence-corrected chi connectivity index (χ0v) is 9.92. The minimum absolute atomic E-state index is 0.185. The maximum atomic E-state index is 12.0. The van der Waals surface area contributed by atoms with Crippen LogP contribution < -0.4 is 0 Å². The third kappa shape index (κ3) is 1.18. The van der Waals surface area contributed by atoms with E-state index in [9.17, 15) is 4.79 Å². The Kier molecular flexibility index (Phi) is 1.64. The van der Waals surface area contributed by atoms with Crippen molar-refractivity contribution >= 4 is 5.78 Å². The molecule has 4 aliphatic rings. The van der Waals surface area contributed by atoms with Gasteiger partial charge in [0.05, 0.1) is 0 Å². The molecular formula is C14H20O. The van der Waals surface area contributed by atoms with Crippen LogP contribution in [0.3, 0.4) is 0 Å². The molecule has 4 atom stereocenters. The van der Waals surface area contributed by atoms with Gasteiger partial charge in [-0.05, 0) is 35.5 Å². The highest BCUT2D eigenvalue weighted by Crippen LogP contribution is 2.61. The Morgan fingerprint density at radius 3 is 2.67 bits per heavy atom. The van der Waals surface area contributed by atoms with Gasteiger partial charge < -0.3 is 0 Å². The van der Waals surface area contributed by atoms with Gasteiger partial charge in [-0.3, -0.25) is 4.79 Å². The molecule has 4 rings (SSSR count). The number of ketones is 1. The summed E-state index contributed by atoms with van der Waals surface area (Å²) >= 11 is 0. The van der Waals surface area contributed by atoms with Crippen LogP contribution in [0.1, 0.15) is 40.0 Å². The van der Waals surface area contributed by atoms with Crippen LogP contribution in [0.4, 0.5) is 0 Å². The fourth-order valence-corrected chi connectivity index (χ4v) is 4.33. The van der Waals surface area contributed by atoms with Crippen molar-refractivity contribution in [3.8, 4) is 0 Å². The molecule has 15 heavy (non-hydrogen) atoms.